The van der Waals surface area contributed by atoms with E-state index >= 15 is 0 Å². The standard InChI is InChI=1S/C20H14BrN3O4/c21-15-5-1-13(2-6-15)19(25)22-16-7-9-17(10-8-16)23-20(26)14-3-11-18(12-4-14)24(27)28/h1-12H,(H,22,25)(H,23,26). The fraction of sp³-hybridized carbons (Fsp3) is 0. The molecule has 0 aliphatic carbocycles. The third-order valence-electron chi connectivity index (χ3n) is 3.85. The van der Waals surface area contributed by atoms with E-state index in [1.54, 1.807) is 48.5 Å². The summed E-state index contributed by atoms with van der Waals surface area (Å²) >= 11 is 3.32. The van der Waals surface area contributed by atoms with E-state index in [9.17, 15) is 19.7 Å². The lowest BCUT2D eigenvalue weighted by Gasteiger charge is -2.08. The first-order valence-electron chi connectivity index (χ1n) is 8.15. The Morgan fingerprint density at radius 2 is 1.11 bits per heavy atom. The van der Waals surface area contributed by atoms with E-state index in [0.717, 1.165) is 4.47 Å². The number of nitro benzene ring substituents is 1. The highest BCUT2D eigenvalue weighted by atomic mass is 79.9. The van der Waals surface area contributed by atoms with Crippen molar-refractivity contribution in [1.82, 2.24) is 0 Å². The minimum Gasteiger partial charge on any atom is -0.322 e. The Bertz CT molecular complexity index is 1020. The van der Waals surface area contributed by atoms with Crippen molar-refractivity contribution in [2.75, 3.05) is 10.6 Å². The fourth-order valence-electron chi connectivity index (χ4n) is 2.38. The molecule has 0 fully saturated rings. The Balaban J connectivity index is 1.62. The van der Waals surface area contributed by atoms with Crippen LogP contribution in [0.1, 0.15) is 20.7 Å². The second kappa shape index (κ2) is 8.45. The number of rotatable bonds is 5. The number of non-ortho nitro benzene ring substituents is 1. The monoisotopic (exact) mass is 439 g/mol. The van der Waals surface area contributed by atoms with Crippen LogP contribution in [0.4, 0.5) is 17.1 Å². The Labute approximate surface area is 168 Å². The average molecular weight is 440 g/mol. The van der Waals surface area contributed by atoms with E-state index in [0.29, 0.717) is 22.5 Å². The summed E-state index contributed by atoms with van der Waals surface area (Å²) in [6, 6.07) is 18.9. The van der Waals surface area contributed by atoms with Gasteiger partial charge in [0.2, 0.25) is 0 Å². The first-order chi connectivity index (χ1) is 13.4. The number of halogens is 1. The summed E-state index contributed by atoms with van der Waals surface area (Å²) in [7, 11) is 0. The van der Waals surface area contributed by atoms with Gasteiger partial charge in [-0.3, -0.25) is 19.7 Å². The molecule has 0 aromatic heterocycles. The largest absolute Gasteiger partial charge is 0.322 e. The van der Waals surface area contributed by atoms with Gasteiger partial charge < -0.3 is 10.6 Å². The van der Waals surface area contributed by atoms with Crippen molar-refractivity contribution in [3.8, 4) is 0 Å². The molecule has 0 bridgehead atoms. The molecule has 28 heavy (non-hydrogen) atoms. The zero-order valence-electron chi connectivity index (χ0n) is 14.4. The van der Waals surface area contributed by atoms with Crippen LogP contribution in [0.25, 0.3) is 0 Å². The van der Waals surface area contributed by atoms with E-state index < -0.39 is 4.92 Å². The number of benzene rings is 3. The van der Waals surface area contributed by atoms with Crippen LogP contribution in [-0.4, -0.2) is 16.7 Å². The van der Waals surface area contributed by atoms with E-state index in [1.807, 2.05) is 0 Å². The maximum absolute atomic E-state index is 12.2. The van der Waals surface area contributed by atoms with Gasteiger partial charge in [-0.15, -0.1) is 0 Å². The lowest BCUT2D eigenvalue weighted by Crippen LogP contribution is -2.13. The molecule has 3 rings (SSSR count). The minimum atomic E-state index is -0.525. The molecule has 7 nitrogen and oxygen atoms in total. The van der Waals surface area contributed by atoms with Gasteiger partial charge in [-0.1, -0.05) is 15.9 Å². The molecule has 2 N–H and O–H groups in total. The molecule has 0 aliphatic heterocycles. The maximum atomic E-state index is 12.2. The summed E-state index contributed by atoms with van der Waals surface area (Å²) in [5.41, 5.74) is 1.87. The zero-order valence-corrected chi connectivity index (χ0v) is 16.0. The van der Waals surface area contributed by atoms with Crippen molar-refractivity contribution in [3.63, 3.8) is 0 Å². The van der Waals surface area contributed by atoms with Gasteiger partial charge >= 0.3 is 0 Å². The first-order valence-corrected chi connectivity index (χ1v) is 8.94. The molecule has 2 amide bonds. The fourth-order valence-corrected chi connectivity index (χ4v) is 2.64. The molecular formula is C20H14BrN3O4. The predicted octanol–water partition coefficient (Wildman–Crippen LogP) is 4.86. The van der Waals surface area contributed by atoms with Crippen LogP contribution >= 0.6 is 15.9 Å². The molecule has 3 aromatic rings. The number of hydrogen-bond acceptors (Lipinski definition) is 4. The molecule has 0 radical (unpaired) electrons. The number of nitro groups is 1. The number of amides is 2. The van der Waals surface area contributed by atoms with Crippen molar-refractivity contribution in [1.29, 1.82) is 0 Å². The van der Waals surface area contributed by atoms with Crippen LogP contribution < -0.4 is 10.6 Å². The topological polar surface area (TPSA) is 101 Å². The lowest BCUT2D eigenvalue weighted by atomic mass is 10.2. The predicted molar refractivity (Wildman–Crippen MR) is 110 cm³/mol. The average Bonchev–Trinajstić information content (AvgIpc) is 2.70. The van der Waals surface area contributed by atoms with Crippen LogP contribution in [0.3, 0.4) is 0 Å². The molecule has 0 atom stereocenters. The molecule has 8 heteroatoms. The molecule has 0 heterocycles. The lowest BCUT2D eigenvalue weighted by molar-refractivity contribution is -0.384. The molecule has 0 spiro atoms. The van der Waals surface area contributed by atoms with Gasteiger partial charge in [-0.25, -0.2) is 0 Å². The van der Waals surface area contributed by atoms with Gasteiger partial charge in [0.15, 0.2) is 0 Å². The number of nitrogens with one attached hydrogen (secondary N) is 2. The van der Waals surface area contributed by atoms with Gasteiger partial charge in [-0.05, 0) is 60.7 Å². The summed E-state index contributed by atoms with van der Waals surface area (Å²) in [6.07, 6.45) is 0. The normalized spacial score (nSPS) is 10.2. The van der Waals surface area contributed by atoms with Gasteiger partial charge in [0.1, 0.15) is 0 Å². The highest BCUT2D eigenvalue weighted by Crippen LogP contribution is 2.18. The van der Waals surface area contributed by atoms with Crippen LogP contribution in [0, 0.1) is 10.1 Å². The smallest absolute Gasteiger partial charge is 0.269 e. The Kier molecular flexibility index (Phi) is 5.81. The van der Waals surface area contributed by atoms with Crippen LogP contribution in [0.15, 0.2) is 77.3 Å². The molecule has 3 aromatic carbocycles. The van der Waals surface area contributed by atoms with Gasteiger partial charge in [0.05, 0.1) is 4.92 Å². The highest BCUT2D eigenvalue weighted by molar-refractivity contribution is 9.10. The molecule has 0 aliphatic rings. The first kappa shape index (κ1) is 19.2. The third kappa shape index (κ3) is 4.80. The minimum absolute atomic E-state index is 0.0811. The Morgan fingerprint density at radius 3 is 1.50 bits per heavy atom. The summed E-state index contributed by atoms with van der Waals surface area (Å²) < 4.78 is 0.886. The van der Waals surface area contributed by atoms with Crippen molar-refractivity contribution in [3.05, 3.63) is 98.5 Å². The van der Waals surface area contributed by atoms with E-state index in [1.165, 1.54) is 24.3 Å². The molecule has 140 valence electrons. The van der Waals surface area contributed by atoms with E-state index in [4.69, 9.17) is 0 Å². The Hall–Kier alpha value is -3.52. The summed E-state index contributed by atoms with van der Waals surface area (Å²) in [5, 5.41) is 16.1. The number of carbonyl (C=O) groups is 2. The Morgan fingerprint density at radius 1 is 0.714 bits per heavy atom. The summed E-state index contributed by atoms with van der Waals surface area (Å²) in [4.78, 5) is 34.6. The molecule has 0 saturated heterocycles. The van der Waals surface area contributed by atoms with Crippen molar-refractivity contribution < 1.29 is 14.5 Å². The maximum Gasteiger partial charge on any atom is 0.269 e. The molecule has 0 unspecified atom stereocenters. The van der Waals surface area contributed by atoms with Gasteiger partial charge in [0.25, 0.3) is 17.5 Å². The number of hydrogen-bond donors (Lipinski definition) is 2. The van der Waals surface area contributed by atoms with Crippen molar-refractivity contribution in [2.45, 2.75) is 0 Å². The van der Waals surface area contributed by atoms with Crippen molar-refractivity contribution >= 4 is 44.8 Å². The number of nitrogens with zero attached hydrogens (tertiary/aromatic N) is 1. The molecule has 0 saturated carbocycles. The summed E-state index contributed by atoms with van der Waals surface area (Å²) in [6.45, 7) is 0. The van der Waals surface area contributed by atoms with E-state index in [-0.39, 0.29) is 17.5 Å². The zero-order chi connectivity index (χ0) is 20.1. The SMILES string of the molecule is O=C(Nc1ccc(NC(=O)c2ccc([N+](=O)[O-])cc2)cc1)c1ccc(Br)cc1. The number of anilines is 2. The number of carbonyl (C=O) groups excluding carboxylic acids is 2. The second-order valence-corrected chi connectivity index (χ2v) is 6.71. The van der Waals surface area contributed by atoms with E-state index in [2.05, 4.69) is 26.6 Å². The van der Waals surface area contributed by atoms with Gasteiger partial charge in [0, 0.05) is 39.1 Å². The van der Waals surface area contributed by atoms with Crippen LogP contribution in [0.2, 0.25) is 0 Å². The quantitative estimate of drug-likeness (QED) is 0.437. The van der Waals surface area contributed by atoms with Crippen LogP contribution in [-0.2, 0) is 0 Å². The second-order valence-electron chi connectivity index (χ2n) is 5.80. The van der Waals surface area contributed by atoms with Crippen molar-refractivity contribution in [2.24, 2.45) is 0 Å². The summed E-state index contributed by atoms with van der Waals surface area (Å²) in [5.74, 6) is -0.628. The van der Waals surface area contributed by atoms with Gasteiger partial charge in [-0.2, -0.15) is 0 Å². The third-order valence-corrected chi connectivity index (χ3v) is 4.38. The highest BCUT2D eigenvalue weighted by Gasteiger charge is 2.10. The molecular weight excluding hydrogens is 426 g/mol. The van der Waals surface area contributed by atoms with Crippen LogP contribution in [0.5, 0.6) is 0 Å².